The van der Waals surface area contributed by atoms with E-state index in [1.165, 1.54) is 6.42 Å². The maximum absolute atomic E-state index is 13.2. The fourth-order valence-electron chi connectivity index (χ4n) is 4.19. The summed E-state index contributed by atoms with van der Waals surface area (Å²) < 4.78 is 5.26. The largest absolute Gasteiger partial charge is 0.497 e. The second-order valence-electron chi connectivity index (χ2n) is 8.50. The first-order valence-electron chi connectivity index (χ1n) is 11.8. The molecular weight excluding hydrogens is 426 g/mol. The molecule has 2 N–H and O–H groups in total. The fourth-order valence-corrected chi connectivity index (χ4v) is 4.19. The molecule has 0 aliphatic carbocycles. The van der Waals surface area contributed by atoms with Crippen molar-refractivity contribution in [3.05, 3.63) is 95.6 Å². The summed E-state index contributed by atoms with van der Waals surface area (Å²) in [4.78, 5) is 27.8. The van der Waals surface area contributed by atoms with Crippen molar-refractivity contribution in [2.75, 3.05) is 25.5 Å². The minimum absolute atomic E-state index is 0.0963. The number of rotatable bonds is 8. The maximum atomic E-state index is 13.2. The molecule has 0 saturated carbocycles. The van der Waals surface area contributed by atoms with E-state index >= 15 is 0 Å². The van der Waals surface area contributed by atoms with Crippen LogP contribution in [0.2, 0.25) is 0 Å². The summed E-state index contributed by atoms with van der Waals surface area (Å²) in [6.45, 7) is 2.16. The Morgan fingerprint density at radius 1 is 0.912 bits per heavy atom. The maximum Gasteiger partial charge on any atom is 0.253 e. The molecule has 0 radical (unpaired) electrons. The number of methoxy groups -OCH3 is 1. The van der Waals surface area contributed by atoms with E-state index < -0.39 is 6.04 Å². The Labute approximate surface area is 200 Å². The standard InChI is InChI=1S/C28H31N3O3/c1-34-25-12-8-11-24(19-25)30-27(32)26(22-9-4-2-5-10-22)29-20-21-13-15-23(16-14-21)28(33)31-17-6-3-7-18-31/h2,4-5,8-16,19,26,29H,3,6-7,17-18,20H2,1H3,(H,30,32). The fraction of sp³-hybridized carbons (Fsp3) is 0.286. The monoisotopic (exact) mass is 457 g/mol. The minimum atomic E-state index is -0.540. The van der Waals surface area contributed by atoms with Crippen molar-refractivity contribution < 1.29 is 14.3 Å². The molecule has 6 nitrogen and oxygen atoms in total. The van der Waals surface area contributed by atoms with E-state index in [-0.39, 0.29) is 11.8 Å². The van der Waals surface area contributed by atoms with Crippen molar-refractivity contribution >= 4 is 17.5 Å². The molecule has 1 fully saturated rings. The molecule has 3 aromatic rings. The summed E-state index contributed by atoms with van der Waals surface area (Å²) in [6.07, 6.45) is 3.35. The van der Waals surface area contributed by atoms with Gasteiger partial charge in [-0.15, -0.1) is 0 Å². The van der Waals surface area contributed by atoms with Crippen molar-refractivity contribution in [3.8, 4) is 5.75 Å². The number of anilines is 1. The molecule has 6 heteroatoms. The third-order valence-electron chi connectivity index (χ3n) is 6.09. The minimum Gasteiger partial charge on any atom is -0.497 e. The van der Waals surface area contributed by atoms with E-state index in [2.05, 4.69) is 10.6 Å². The summed E-state index contributed by atoms with van der Waals surface area (Å²) in [5, 5.41) is 6.35. The molecule has 3 aromatic carbocycles. The number of ether oxygens (including phenoxy) is 1. The molecule has 1 aliphatic heterocycles. The van der Waals surface area contributed by atoms with Gasteiger partial charge in [0.2, 0.25) is 5.91 Å². The Balaban J connectivity index is 1.43. The van der Waals surface area contributed by atoms with Gasteiger partial charge in [0.05, 0.1) is 7.11 Å². The molecule has 1 saturated heterocycles. The number of likely N-dealkylation sites (tertiary alicyclic amines) is 1. The van der Waals surface area contributed by atoms with Crippen LogP contribution in [-0.2, 0) is 11.3 Å². The third kappa shape index (κ3) is 6.02. The molecule has 4 rings (SSSR count). The summed E-state index contributed by atoms with van der Waals surface area (Å²) in [5.41, 5.74) is 3.26. The lowest BCUT2D eigenvalue weighted by atomic mass is 10.0. The topological polar surface area (TPSA) is 70.7 Å². The van der Waals surface area contributed by atoms with Crippen molar-refractivity contribution in [2.45, 2.75) is 31.8 Å². The molecule has 176 valence electrons. The van der Waals surface area contributed by atoms with Crippen LogP contribution in [0.15, 0.2) is 78.9 Å². The van der Waals surface area contributed by atoms with Crippen molar-refractivity contribution in [1.82, 2.24) is 10.2 Å². The molecule has 1 heterocycles. The zero-order valence-corrected chi connectivity index (χ0v) is 19.5. The van der Waals surface area contributed by atoms with Gasteiger partial charge in [-0.1, -0.05) is 48.5 Å². The highest BCUT2D eigenvalue weighted by Crippen LogP contribution is 2.21. The second-order valence-corrected chi connectivity index (χ2v) is 8.50. The van der Waals surface area contributed by atoms with Crippen molar-refractivity contribution in [1.29, 1.82) is 0 Å². The predicted molar refractivity (Wildman–Crippen MR) is 134 cm³/mol. The predicted octanol–water partition coefficient (Wildman–Crippen LogP) is 4.79. The van der Waals surface area contributed by atoms with Gasteiger partial charge < -0.3 is 15.0 Å². The summed E-state index contributed by atoms with van der Waals surface area (Å²) in [6, 6.07) is 24.1. The van der Waals surface area contributed by atoms with E-state index in [1.807, 2.05) is 77.7 Å². The van der Waals surface area contributed by atoms with Gasteiger partial charge in [0, 0.05) is 37.0 Å². The SMILES string of the molecule is COc1cccc(NC(=O)C(NCc2ccc(C(=O)N3CCCCC3)cc2)c2ccccc2)c1. The number of hydrogen-bond donors (Lipinski definition) is 2. The second kappa shape index (κ2) is 11.5. The molecule has 1 atom stereocenters. The zero-order chi connectivity index (χ0) is 23.8. The van der Waals surface area contributed by atoms with Crippen LogP contribution in [0.3, 0.4) is 0 Å². The number of benzene rings is 3. The Bertz CT molecular complexity index is 1090. The number of hydrogen-bond acceptors (Lipinski definition) is 4. The molecular formula is C28H31N3O3. The van der Waals surface area contributed by atoms with Gasteiger partial charge >= 0.3 is 0 Å². The van der Waals surface area contributed by atoms with E-state index in [0.29, 0.717) is 23.5 Å². The first kappa shape index (κ1) is 23.5. The number of carbonyl (C=O) groups excluding carboxylic acids is 2. The van der Waals surface area contributed by atoms with Gasteiger partial charge in [0.25, 0.3) is 5.91 Å². The smallest absolute Gasteiger partial charge is 0.253 e. The van der Waals surface area contributed by atoms with Crippen LogP contribution in [-0.4, -0.2) is 36.9 Å². The van der Waals surface area contributed by atoms with Crippen molar-refractivity contribution in [3.63, 3.8) is 0 Å². The van der Waals surface area contributed by atoms with Gasteiger partial charge in [-0.25, -0.2) is 0 Å². The Hall–Kier alpha value is -3.64. The van der Waals surface area contributed by atoms with Crippen LogP contribution in [0.1, 0.15) is 46.8 Å². The van der Waals surface area contributed by atoms with Gasteiger partial charge in [-0.2, -0.15) is 0 Å². The quantitative estimate of drug-likeness (QED) is 0.510. The number of piperidine rings is 1. The number of nitrogens with one attached hydrogen (secondary N) is 2. The highest BCUT2D eigenvalue weighted by Gasteiger charge is 2.21. The highest BCUT2D eigenvalue weighted by molar-refractivity contribution is 5.96. The number of nitrogens with zero attached hydrogens (tertiary/aromatic N) is 1. The van der Waals surface area contributed by atoms with Gasteiger partial charge in [-0.05, 0) is 54.7 Å². The van der Waals surface area contributed by atoms with Crippen LogP contribution in [0, 0.1) is 0 Å². The van der Waals surface area contributed by atoms with Gasteiger partial charge in [0.15, 0.2) is 0 Å². The lowest BCUT2D eigenvalue weighted by molar-refractivity contribution is -0.118. The average molecular weight is 458 g/mol. The lowest BCUT2D eigenvalue weighted by Gasteiger charge is -2.26. The van der Waals surface area contributed by atoms with E-state index in [9.17, 15) is 9.59 Å². The first-order valence-corrected chi connectivity index (χ1v) is 11.8. The molecule has 0 bridgehead atoms. The Morgan fingerprint density at radius 3 is 2.35 bits per heavy atom. The first-order chi connectivity index (χ1) is 16.6. The van der Waals surface area contributed by atoms with E-state index in [4.69, 9.17) is 4.74 Å². The molecule has 0 aromatic heterocycles. The molecule has 2 amide bonds. The Kier molecular flexibility index (Phi) is 7.94. The number of carbonyl (C=O) groups is 2. The summed E-state index contributed by atoms with van der Waals surface area (Å²) in [5.74, 6) is 0.622. The van der Waals surface area contributed by atoms with Crippen molar-refractivity contribution in [2.24, 2.45) is 0 Å². The van der Waals surface area contributed by atoms with Crippen LogP contribution in [0.5, 0.6) is 5.75 Å². The zero-order valence-electron chi connectivity index (χ0n) is 19.5. The van der Waals surface area contributed by atoms with Crippen LogP contribution < -0.4 is 15.4 Å². The highest BCUT2D eigenvalue weighted by atomic mass is 16.5. The molecule has 1 unspecified atom stereocenters. The van der Waals surface area contributed by atoms with Crippen LogP contribution in [0.4, 0.5) is 5.69 Å². The van der Waals surface area contributed by atoms with Gasteiger partial charge in [0.1, 0.15) is 11.8 Å². The van der Waals surface area contributed by atoms with Crippen LogP contribution >= 0.6 is 0 Å². The lowest BCUT2D eigenvalue weighted by Crippen LogP contribution is -2.35. The third-order valence-corrected chi connectivity index (χ3v) is 6.09. The van der Waals surface area contributed by atoms with E-state index in [1.54, 1.807) is 13.2 Å². The van der Waals surface area contributed by atoms with Crippen LogP contribution in [0.25, 0.3) is 0 Å². The number of amides is 2. The Morgan fingerprint density at radius 2 is 1.65 bits per heavy atom. The summed E-state index contributed by atoms with van der Waals surface area (Å²) in [7, 11) is 1.60. The average Bonchev–Trinajstić information content (AvgIpc) is 2.90. The normalized spacial score (nSPS) is 14.3. The van der Waals surface area contributed by atoms with E-state index in [0.717, 1.165) is 37.1 Å². The summed E-state index contributed by atoms with van der Waals surface area (Å²) >= 11 is 0. The molecule has 34 heavy (non-hydrogen) atoms. The van der Waals surface area contributed by atoms with Gasteiger partial charge in [-0.3, -0.25) is 14.9 Å². The molecule has 1 aliphatic rings. The molecule has 0 spiro atoms.